The number of aromatic nitrogens is 4. The fraction of sp³-hybridized carbons (Fsp3) is 0.500. The number of ether oxygens (including phenoxy) is 4. The van der Waals surface area contributed by atoms with Crippen LogP contribution in [0, 0.1) is 23.2 Å². The van der Waals surface area contributed by atoms with E-state index in [4.69, 9.17) is 18.9 Å². The second-order valence-corrected chi connectivity index (χ2v) is 17.3. The molecule has 4 aliphatic rings. The number of carbonyl (C=O) groups excluding carboxylic acids is 6. The van der Waals surface area contributed by atoms with Crippen molar-refractivity contribution in [1.82, 2.24) is 30.0 Å². The summed E-state index contributed by atoms with van der Waals surface area (Å²) >= 11 is 0. The zero-order valence-corrected chi connectivity index (χ0v) is 37.3. The van der Waals surface area contributed by atoms with Gasteiger partial charge < -0.3 is 29.6 Å². The van der Waals surface area contributed by atoms with Crippen LogP contribution in [-0.4, -0.2) is 131 Å². The Kier molecular flexibility index (Phi) is 15.7. The molecular formula is C48H55N9O10. The molecule has 19 nitrogen and oxygen atoms in total. The number of imide groups is 2. The molecule has 0 spiro atoms. The number of ketones is 2. The Morgan fingerprint density at radius 2 is 1.54 bits per heavy atom. The molecule has 4 aromatic rings. The maximum Gasteiger partial charge on any atom is 0.264 e. The summed E-state index contributed by atoms with van der Waals surface area (Å²) in [6.07, 6.45) is 11.8. The molecule has 1 saturated heterocycles. The summed E-state index contributed by atoms with van der Waals surface area (Å²) < 4.78 is 24.1. The van der Waals surface area contributed by atoms with Crippen molar-refractivity contribution in [3.63, 3.8) is 0 Å². The third-order valence-corrected chi connectivity index (χ3v) is 12.5. The maximum absolute atomic E-state index is 13.6. The predicted octanol–water partition coefficient (Wildman–Crippen LogP) is 4.57. The van der Waals surface area contributed by atoms with Gasteiger partial charge in [0.05, 0.1) is 80.4 Å². The van der Waals surface area contributed by atoms with E-state index in [2.05, 4.69) is 37.1 Å². The van der Waals surface area contributed by atoms with Crippen molar-refractivity contribution in [3.8, 4) is 11.9 Å². The van der Waals surface area contributed by atoms with E-state index in [1.807, 2.05) is 6.07 Å². The zero-order chi connectivity index (χ0) is 46.7. The number of carbonyl (C=O) groups is 6. The Labute approximate surface area is 387 Å². The van der Waals surface area contributed by atoms with Crippen LogP contribution in [-0.2, 0) is 33.3 Å². The number of hydrogen-bond acceptors (Lipinski definition) is 16. The highest BCUT2D eigenvalue weighted by Crippen LogP contribution is 2.36. The molecule has 1 atom stereocenters. The molecule has 0 radical (unpaired) electrons. The number of nitrogens with one attached hydrogen (secondary N) is 3. The van der Waals surface area contributed by atoms with E-state index in [0.29, 0.717) is 113 Å². The number of rotatable bonds is 25. The molecule has 3 fully saturated rings. The first-order valence-electron chi connectivity index (χ1n) is 23.1. The lowest BCUT2D eigenvalue weighted by molar-refractivity contribution is -0.136. The first kappa shape index (κ1) is 47.0. The van der Waals surface area contributed by atoms with Gasteiger partial charge in [0, 0.05) is 73.9 Å². The van der Waals surface area contributed by atoms with Crippen molar-refractivity contribution in [2.45, 2.75) is 82.7 Å². The fourth-order valence-corrected chi connectivity index (χ4v) is 8.79. The molecule has 2 aliphatic carbocycles. The van der Waals surface area contributed by atoms with Crippen molar-refractivity contribution in [1.29, 1.82) is 5.26 Å². The minimum absolute atomic E-state index is 0.0170. The zero-order valence-electron chi connectivity index (χ0n) is 37.3. The van der Waals surface area contributed by atoms with Gasteiger partial charge in [0.15, 0.2) is 17.2 Å². The number of fused-ring (bicyclic) bond motifs is 2. The lowest BCUT2D eigenvalue weighted by atomic mass is 9.77. The molecule has 8 rings (SSSR count). The second-order valence-electron chi connectivity index (χ2n) is 17.3. The van der Waals surface area contributed by atoms with Crippen LogP contribution in [0.15, 0.2) is 48.9 Å². The number of benzene rings is 1. The van der Waals surface area contributed by atoms with Crippen LogP contribution in [0.1, 0.15) is 107 Å². The number of nitrogens with zero attached hydrogens (tertiary/aromatic N) is 6. The first-order valence-corrected chi connectivity index (χ1v) is 23.1. The molecule has 67 heavy (non-hydrogen) atoms. The molecule has 4 amide bonds. The fourth-order valence-electron chi connectivity index (χ4n) is 8.79. The lowest BCUT2D eigenvalue weighted by Gasteiger charge is -2.27. The third kappa shape index (κ3) is 11.7. The SMILES string of the molecule is N#Cc1cnc2c(cnn2-c2cc(NC3CC3)c(C(=O)CC3CCC(C(=O)CCCOCCOCCOCCOCCNc4cccc5c4C(=O)N(C4CCC(=O)NC4=O)C5=O)CC3)cn2)c1. The third-order valence-electron chi connectivity index (χ3n) is 12.5. The van der Waals surface area contributed by atoms with Crippen molar-refractivity contribution in [2.75, 3.05) is 70.0 Å². The van der Waals surface area contributed by atoms with Crippen LogP contribution in [0.25, 0.3) is 16.9 Å². The molecule has 5 heterocycles. The average molecular weight is 918 g/mol. The number of amides is 4. The number of Topliss-reactive ketones (excluding diaryl/α,β-unsaturated/α-hetero) is 2. The van der Waals surface area contributed by atoms with E-state index in [1.54, 1.807) is 41.3 Å². The largest absolute Gasteiger partial charge is 0.382 e. The standard InChI is InChI=1S/C48H55N9O10/c49-26-31-23-33-28-53-57(45(33)52-27-31)42-25-38(54-34-10-11-34)36(29-51-42)41(59)24-30-6-8-32(9-7-30)40(58)5-2-15-64-17-19-66-21-22-67-20-18-65-16-14-50-37-4-1-3-35-44(37)48(63)56(47(35)62)39-12-13-43(60)55-46(39)61/h1,3-4,23,25,27-30,32,34,39,50H,2,5-22,24H2,(H,51,54)(H,55,60,61). The molecule has 1 unspecified atom stereocenters. The highest BCUT2D eigenvalue weighted by Gasteiger charge is 2.45. The number of nitriles is 1. The average Bonchev–Trinajstić information content (AvgIpc) is 3.99. The van der Waals surface area contributed by atoms with Crippen molar-refractivity contribution in [3.05, 3.63) is 71.2 Å². The summed E-state index contributed by atoms with van der Waals surface area (Å²) in [5.41, 5.74) is 3.21. The van der Waals surface area contributed by atoms with Crippen LogP contribution in [0.4, 0.5) is 11.4 Å². The highest BCUT2D eigenvalue weighted by molar-refractivity contribution is 6.25. The lowest BCUT2D eigenvalue weighted by Crippen LogP contribution is -2.54. The molecule has 1 aromatic carbocycles. The minimum Gasteiger partial charge on any atom is -0.382 e. The molecule has 352 valence electrons. The number of hydrogen-bond donors (Lipinski definition) is 3. The van der Waals surface area contributed by atoms with Crippen molar-refractivity contribution < 1.29 is 47.7 Å². The van der Waals surface area contributed by atoms with Crippen LogP contribution in [0.3, 0.4) is 0 Å². The van der Waals surface area contributed by atoms with Gasteiger partial charge in [-0.1, -0.05) is 6.07 Å². The molecule has 2 saturated carbocycles. The van der Waals surface area contributed by atoms with Gasteiger partial charge >= 0.3 is 0 Å². The molecule has 19 heteroatoms. The van der Waals surface area contributed by atoms with Crippen LogP contribution in [0.2, 0.25) is 0 Å². The normalized spacial score (nSPS) is 19.3. The van der Waals surface area contributed by atoms with Crippen LogP contribution in [0.5, 0.6) is 0 Å². The van der Waals surface area contributed by atoms with E-state index in [0.717, 1.165) is 54.5 Å². The van der Waals surface area contributed by atoms with Gasteiger partial charge in [0.1, 0.15) is 17.9 Å². The summed E-state index contributed by atoms with van der Waals surface area (Å²) in [4.78, 5) is 86.8. The number of anilines is 2. The highest BCUT2D eigenvalue weighted by atomic mass is 16.6. The van der Waals surface area contributed by atoms with E-state index < -0.39 is 29.7 Å². The van der Waals surface area contributed by atoms with Gasteiger partial charge in [-0.15, -0.1) is 0 Å². The Balaban J connectivity index is 0.637. The van der Waals surface area contributed by atoms with Crippen LogP contribution < -0.4 is 16.0 Å². The van der Waals surface area contributed by atoms with Gasteiger partial charge in [-0.25, -0.2) is 9.97 Å². The number of pyridine rings is 2. The molecule has 3 N–H and O–H groups in total. The summed E-state index contributed by atoms with van der Waals surface area (Å²) in [7, 11) is 0. The Morgan fingerprint density at radius 3 is 2.25 bits per heavy atom. The molecule has 0 bridgehead atoms. The van der Waals surface area contributed by atoms with Crippen molar-refractivity contribution >= 4 is 57.6 Å². The second kappa shape index (κ2) is 22.4. The smallest absolute Gasteiger partial charge is 0.264 e. The van der Waals surface area contributed by atoms with Gasteiger partial charge in [0.2, 0.25) is 11.8 Å². The summed E-state index contributed by atoms with van der Waals surface area (Å²) in [6.45, 7) is 3.50. The van der Waals surface area contributed by atoms with Crippen LogP contribution >= 0.6 is 0 Å². The molecular weight excluding hydrogens is 863 g/mol. The summed E-state index contributed by atoms with van der Waals surface area (Å²) in [5, 5.41) is 23.2. The quantitative estimate of drug-likeness (QED) is 0.0468. The van der Waals surface area contributed by atoms with E-state index in [-0.39, 0.29) is 47.4 Å². The van der Waals surface area contributed by atoms with E-state index >= 15 is 0 Å². The maximum atomic E-state index is 13.6. The Hall–Kier alpha value is -6.46. The monoisotopic (exact) mass is 917 g/mol. The van der Waals surface area contributed by atoms with Gasteiger partial charge in [-0.3, -0.25) is 39.0 Å². The molecule has 3 aromatic heterocycles. The van der Waals surface area contributed by atoms with E-state index in [1.165, 1.54) is 6.20 Å². The Bertz CT molecular complexity index is 2530. The van der Waals surface area contributed by atoms with Gasteiger partial charge in [-0.05, 0) is 75.5 Å². The van der Waals surface area contributed by atoms with Gasteiger partial charge in [0.25, 0.3) is 11.8 Å². The minimum atomic E-state index is -1.02. The topological polar surface area (TPSA) is 246 Å². The summed E-state index contributed by atoms with van der Waals surface area (Å²) in [5.74, 6) is -1.13. The summed E-state index contributed by atoms with van der Waals surface area (Å²) in [6, 6.07) is 9.88. The predicted molar refractivity (Wildman–Crippen MR) is 242 cm³/mol. The molecule has 2 aliphatic heterocycles. The Morgan fingerprint density at radius 1 is 0.806 bits per heavy atom. The first-order chi connectivity index (χ1) is 32.7. The van der Waals surface area contributed by atoms with E-state index in [9.17, 15) is 34.0 Å². The van der Waals surface area contributed by atoms with Crippen molar-refractivity contribution in [2.24, 2.45) is 11.8 Å². The number of piperidine rings is 1. The van der Waals surface area contributed by atoms with Gasteiger partial charge in [-0.2, -0.15) is 15.0 Å².